The standard InChI is InChI=1S/C20H20N4O3/c1-26-18-5-3-2-4-17(18)23-10-12-24(13-11-23)20(25)16-8-6-15(7-9-16)19-22-21-14-27-19/h2-9,14H,10-13H2,1H3. The predicted molar refractivity (Wildman–Crippen MR) is 101 cm³/mol. The summed E-state index contributed by atoms with van der Waals surface area (Å²) in [4.78, 5) is 16.9. The van der Waals surface area contributed by atoms with E-state index >= 15 is 0 Å². The summed E-state index contributed by atoms with van der Waals surface area (Å²) in [7, 11) is 1.68. The first-order valence-electron chi connectivity index (χ1n) is 8.80. The zero-order valence-electron chi connectivity index (χ0n) is 15.0. The highest BCUT2D eigenvalue weighted by molar-refractivity contribution is 5.94. The molecule has 1 aliphatic rings. The zero-order valence-corrected chi connectivity index (χ0v) is 15.0. The van der Waals surface area contributed by atoms with E-state index in [2.05, 4.69) is 15.1 Å². The van der Waals surface area contributed by atoms with E-state index in [0.29, 0.717) is 24.5 Å². The van der Waals surface area contributed by atoms with Crippen molar-refractivity contribution in [3.05, 3.63) is 60.5 Å². The second-order valence-corrected chi connectivity index (χ2v) is 6.27. The summed E-state index contributed by atoms with van der Waals surface area (Å²) in [5.41, 5.74) is 2.52. The van der Waals surface area contributed by atoms with Crippen LogP contribution in [0, 0.1) is 0 Å². The molecule has 0 atom stereocenters. The molecule has 27 heavy (non-hydrogen) atoms. The second-order valence-electron chi connectivity index (χ2n) is 6.27. The average Bonchev–Trinajstić information content (AvgIpc) is 3.28. The number of carbonyl (C=O) groups excluding carboxylic acids is 1. The van der Waals surface area contributed by atoms with E-state index in [1.807, 2.05) is 41.3 Å². The lowest BCUT2D eigenvalue weighted by Gasteiger charge is -2.36. The van der Waals surface area contributed by atoms with Crippen LogP contribution in [0.25, 0.3) is 11.5 Å². The molecule has 1 aliphatic heterocycles. The monoisotopic (exact) mass is 364 g/mol. The van der Waals surface area contributed by atoms with Crippen LogP contribution in [-0.2, 0) is 0 Å². The Morgan fingerprint density at radius 1 is 1.04 bits per heavy atom. The third-order valence-corrected chi connectivity index (χ3v) is 4.73. The number of benzene rings is 2. The average molecular weight is 364 g/mol. The van der Waals surface area contributed by atoms with Crippen LogP contribution in [0.4, 0.5) is 5.69 Å². The number of anilines is 1. The Hall–Kier alpha value is -3.35. The first-order chi connectivity index (χ1) is 13.3. The minimum Gasteiger partial charge on any atom is -0.495 e. The molecule has 2 heterocycles. The fourth-order valence-electron chi connectivity index (χ4n) is 3.28. The summed E-state index contributed by atoms with van der Waals surface area (Å²) >= 11 is 0. The molecule has 1 amide bonds. The maximum absolute atomic E-state index is 12.8. The summed E-state index contributed by atoms with van der Waals surface area (Å²) in [6.07, 6.45) is 1.29. The number of methoxy groups -OCH3 is 1. The Bertz CT molecular complexity index is 901. The Labute approximate surface area is 157 Å². The minimum atomic E-state index is 0.0340. The van der Waals surface area contributed by atoms with Crippen LogP contribution in [0.15, 0.2) is 59.3 Å². The highest BCUT2D eigenvalue weighted by Crippen LogP contribution is 2.28. The van der Waals surface area contributed by atoms with Gasteiger partial charge in [0.05, 0.1) is 12.8 Å². The Morgan fingerprint density at radius 3 is 2.44 bits per heavy atom. The Kier molecular flexibility index (Phi) is 4.74. The molecule has 0 bridgehead atoms. The first-order valence-corrected chi connectivity index (χ1v) is 8.80. The Morgan fingerprint density at radius 2 is 1.78 bits per heavy atom. The smallest absolute Gasteiger partial charge is 0.253 e. The molecule has 0 spiro atoms. The third-order valence-electron chi connectivity index (χ3n) is 4.73. The van der Waals surface area contributed by atoms with Crippen LogP contribution in [-0.4, -0.2) is 54.3 Å². The minimum absolute atomic E-state index is 0.0340. The van der Waals surface area contributed by atoms with Crippen molar-refractivity contribution in [3.63, 3.8) is 0 Å². The van der Waals surface area contributed by atoms with Crippen LogP contribution >= 0.6 is 0 Å². The van der Waals surface area contributed by atoms with Crippen molar-refractivity contribution in [1.29, 1.82) is 0 Å². The van der Waals surface area contributed by atoms with Crippen molar-refractivity contribution >= 4 is 11.6 Å². The SMILES string of the molecule is COc1ccccc1N1CCN(C(=O)c2ccc(-c3nnco3)cc2)CC1. The zero-order chi connectivity index (χ0) is 18.6. The summed E-state index contributed by atoms with van der Waals surface area (Å²) in [6.45, 7) is 2.88. The van der Waals surface area contributed by atoms with E-state index in [4.69, 9.17) is 9.15 Å². The number of hydrogen-bond donors (Lipinski definition) is 0. The number of para-hydroxylation sites is 2. The molecule has 138 valence electrons. The third kappa shape index (κ3) is 3.48. The van der Waals surface area contributed by atoms with Gasteiger partial charge in [0.2, 0.25) is 12.3 Å². The molecule has 7 heteroatoms. The van der Waals surface area contributed by atoms with Gasteiger partial charge in [0, 0.05) is 37.3 Å². The molecule has 1 aromatic heterocycles. The number of amides is 1. The number of aromatic nitrogens is 2. The van der Waals surface area contributed by atoms with E-state index in [0.717, 1.165) is 30.1 Å². The molecule has 0 saturated carbocycles. The summed E-state index contributed by atoms with van der Waals surface area (Å²) in [5.74, 6) is 1.33. The van der Waals surface area contributed by atoms with Gasteiger partial charge in [-0.05, 0) is 36.4 Å². The van der Waals surface area contributed by atoms with Crippen LogP contribution in [0.2, 0.25) is 0 Å². The first kappa shape index (κ1) is 17.1. The number of carbonyl (C=O) groups is 1. The molecule has 0 aliphatic carbocycles. The van der Waals surface area contributed by atoms with Crippen molar-refractivity contribution < 1.29 is 13.9 Å². The van der Waals surface area contributed by atoms with Crippen molar-refractivity contribution in [2.45, 2.75) is 0 Å². The predicted octanol–water partition coefficient (Wildman–Crippen LogP) is 2.71. The second kappa shape index (κ2) is 7.49. The molecule has 0 radical (unpaired) electrons. The summed E-state index contributed by atoms with van der Waals surface area (Å²) in [6, 6.07) is 15.2. The number of hydrogen-bond acceptors (Lipinski definition) is 6. The van der Waals surface area contributed by atoms with Gasteiger partial charge in [0.15, 0.2) is 0 Å². The lowest BCUT2D eigenvalue weighted by Crippen LogP contribution is -2.48. The normalized spacial score (nSPS) is 14.3. The van der Waals surface area contributed by atoms with Crippen molar-refractivity contribution in [3.8, 4) is 17.2 Å². The number of nitrogens with zero attached hydrogens (tertiary/aromatic N) is 4. The Balaban J connectivity index is 1.41. The van der Waals surface area contributed by atoms with Gasteiger partial charge in [0.1, 0.15) is 5.75 Å². The highest BCUT2D eigenvalue weighted by atomic mass is 16.5. The van der Waals surface area contributed by atoms with Gasteiger partial charge in [-0.2, -0.15) is 0 Å². The lowest BCUT2D eigenvalue weighted by molar-refractivity contribution is 0.0746. The fourth-order valence-corrected chi connectivity index (χ4v) is 3.28. The van der Waals surface area contributed by atoms with Gasteiger partial charge >= 0.3 is 0 Å². The molecule has 1 fully saturated rings. The lowest BCUT2D eigenvalue weighted by atomic mass is 10.1. The van der Waals surface area contributed by atoms with Gasteiger partial charge in [-0.25, -0.2) is 0 Å². The van der Waals surface area contributed by atoms with Crippen molar-refractivity contribution in [2.24, 2.45) is 0 Å². The van der Waals surface area contributed by atoms with Gasteiger partial charge in [0.25, 0.3) is 5.91 Å². The quantitative estimate of drug-likeness (QED) is 0.709. The molecular weight excluding hydrogens is 344 g/mol. The van der Waals surface area contributed by atoms with E-state index in [1.165, 1.54) is 6.39 Å². The molecule has 7 nitrogen and oxygen atoms in total. The van der Waals surface area contributed by atoms with Gasteiger partial charge in [-0.1, -0.05) is 12.1 Å². The summed E-state index contributed by atoms with van der Waals surface area (Å²) in [5, 5.41) is 7.54. The number of ether oxygens (including phenoxy) is 1. The molecule has 1 saturated heterocycles. The van der Waals surface area contributed by atoms with Crippen LogP contribution in [0.1, 0.15) is 10.4 Å². The molecule has 0 unspecified atom stereocenters. The van der Waals surface area contributed by atoms with Crippen molar-refractivity contribution in [2.75, 3.05) is 38.2 Å². The molecule has 3 aromatic rings. The largest absolute Gasteiger partial charge is 0.495 e. The van der Waals surface area contributed by atoms with Gasteiger partial charge < -0.3 is 19.0 Å². The topological polar surface area (TPSA) is 71.7 Å². The number of piperazine rings is 1. The summed E-state index contributed by atoms with van der Waals surface area (Å²) < 4.78 is 10.6. The molecular formula is C20H20N4O3. The van der Waals surface area contributed by atoms with Crippen molar-refractivity contribution in [1.82, 2.24) is 15.1 Å². The molecule has 0 N–H and O–H groups in total. The van der Waals surface area contributed by atoms with Crippen LogP contribution in [0.5, 0.6) is 5.75 Å². The fraction of sp³-hybridized carbons (Fsp3) is 0.250. The molecule has 4 rings (SSSR count). The number of rotatable bonds is 4. The van der Waals surface area contributed by atoms with E-state index in [9.17, 15) is 4.79 Å². The maximum Gasteiger partial charge on any atom is 0.253 e. The van der Waals surface area contributed by atoms with E-state index < -0.39 is 0 Å². The maximum atomic E-state index is 12.8. The van der Waals surface area contributed by atoms with E-state index in [-0.39, 0.29) is 5.91 Å². The van der Waals surface area contributed by atoms with Crippen LogP contribution in [0.3, 0.4) is 0 Å². The molecule has 2 aromatic carbocycles. The van der Waals surface area contributed by atoms with E-state index in [1.54, 1.807) is 19.2 Å². The van der Waals surface area contributed by atoms with Crippen LogP contribution < -0.4 is 9.64 Å². The highest BCUT2D eigenvalue weighted by Gasteiger charge is 2.23. The van der Waals surface area contributed by atoms with Gasteiger partial charge in [-0.3, -0.25) is 4.79 Å². The van der Waals surface area contributed by atoms with Gasteiger partial charge in [-0.15, -0.1) is 10.2 Å².